The van der Waals surface area contributed by atoms with Crippen molar-refractivity contribution in [3.8, 4) is 5.75 Å². The number of benzene rings is 1. The van der Waals surface area contributed by atoms with E-state index in [0.29, 0.717) is 19.3 Å². The lowest BCUT2D eigenvalue weighted by Crippen LogP contribution is -2.41. The second-order valence-corrected chi connectivity index (χ2v) is 5.59. The molecule has 1 aromatic rings. The molecule has 0 bridgehead atoms. The predicted octanol–water partition coefficient (Wildman–Crippen LogP) is 1.56. The van der Waals surface area contributed by atoms with Crippen molar-refractivity contribution in [1.82, 2.24) is 5.32 Å². The Hall–Kier alpha value is -2.04. The Kier molecular flexibility index (Phi) is 3.34. The Balaban J connectivity index is 1.63. The van der Waals surface area contributed by atoms with Gasteiger partial charge >= 0.3 is 5.97 Å². The highest BCUT2D eigenvalue weighted by Crippen LogP contribution is 2.30. The summed E-state index contributed by atoms with van der Waals surface area (Å²) in [5.74, 6) is 0.244. The van der Waals surface area contributed by atoms with Gasteiger partial charge in [-0.25, -0.2) is 0 Å². The zero-order chi connectivity index (χ0) is 14.1. The van der Waals surface area contributed by atoms with Crippen molar-refractivity contribution in [3.05, 3.63) is 29.8 Å². The van der Waals surface area contributed by atoms with Gasteiger partial charge in [0, 0.05) is 6.42 Å². The zero-order valence-electron chi connectivity index (χ0n) is 11.1. The van der Waals surface area contributed by atoms with Crippen LogP contribution in [0.2, 0.25) is 0 Å². The minimum atomic E-state index is -0.697. The predicted molar refractivity (Wildman–Crippen MR) is 74.9 cm³/mol. The van der Waals surface area contributed by atoms with Gasteiger partial charge in [-0.05, 0) is 37.0 Å². The molecule has 1 aliphatic heterocycles. The highest BCUT2D eigenvalue weighted by Gasteiger charge is 2.37. The summed E-state index contributed by atoms with van der Waals surface area (Å²) in [6.45, 7) is 0. The maximum Gasteiger partial charge on any atom is 0.306 e. The molecule has 3 unspecified atom stereocenters. The number of rotatable bonds is 3. The number of fused-ring (bicyclic) bond motifs is 1. The third-order valence-corrected chi connectivity index (χ3v) is 4.14. The normalized spacial score (nSPS) is 28.4. The van der Waals surface area contributed by atoms with Gasteiger partial charge in [0.1, 0.15) is 11.6 Å². The topological polar surface area (TPSA) is 81.9 Å². The molecular formula is C15H18N2O3. The largest absolute Gasteiger partial charge is 0.508 e. The monoisotopic (exact) mass is 274 g/mol. The first-order chi connectivity index (χ1) is 9.61. The van der Waals surface area contributed by atoms with Gasteiger partial charge in [-0.1, -0.05) is 12.1 Å². The molecule has 1 heterocycles. The Morgan fingerprint density at radius 3 is 2.75 bits per heavy atom. The van der Waals surface area contributed by atoms with E-state index in [4.69, 9.17) is 5.11 Å². The summed E-state index contributed by atoms with van der Waals surface area (Å²) in [5, 5.41) is 21.7. The lowest BCUT2D eigenvalue weighted by molar-refractivity contribution is -0.143. The summed E-state index contributed by atoms with van der Waals surface area (Å²) in [6.07, 6.45) is 2.91. The second kappa shape index (κ2) is 5.15. The van der Waals surface area contributed by atoms with Crippen molar-refractivity contribution in [1.29, 1.82) is 0 Å². The number of hydrogen-bond acceptors (Lipinski definition) is 4. The first-order valence-corrected chi connectivity index (χ1v) is 6.96. The number of aromatic hydroxyl groups is 1. The van der Waals surface area contributed by atoms with Crippen molar-refractivity contribution in [3.63, 3.8) is 0 Å². The summed E-state index contributed by atoms with van der Waals surface area (Å²) >= 11 is 0. The Labute approximate surface area is 117 Å². The maximum absolute atomic E-state index is 11.1. The molecule has 20 heavy (non-hydrogen) atoms. The fraction of sp³-hybridized carbons (Fsp3) is 0.467. The number of nitrogens with one attached hydrogen (secondary N) is 1. The van der Waals surface area contributed by atoms with Crippen LogP contribution < -0.4 is 5.32 Å². The van der Waals surface area contributed by atoms with Crippen LogP contribution in [0.3, 0.4) is 0 Å². The maximum atomic E-state index is 11.1. The van der Waals surface area contributed by atoms with Gasteiger partial charge < -0.3 is 15.5 Å². The van der Waals surface area contributed by atoms with Gasteiger partial charge in [0.2, 0.25) is 0 Å². The quantitative estimate of drug-likeness (QED) is 0.781. The molecule has 1 fully saturated rings. The first kappa shape index (κ1) is 13.0. The van der Waals surface area contributed by atoms with Crippen molar-refractivity contribution in [2.75, 3.05) is 0 Å². The molecule has 106 valence electrons. The van der Waals surface area contributed by atoms with Gasteiger partial charge in [-0.2, -0.15) is 0 Å². The average molecular weight is 274 g/mol. The number of carbonyl (C=O) groups is 1. The molecule has 3 rings (SSSR count). The SMILES string of the molecule is O=C(O)C1CCC2N=C(Cc3ccc(O)cc3)NC2C1. The molecule has 3 N–H and O–H groups in total. The van der Waals surface area contributed by atoms with Crippen LogP contribution in [0, 0.1) is 5.92 Å². The Morgan fingerprint density at radius 2 is 2.05 bits per heavy atom. The molecule has 0 aromatic heterocycles. The van der Waals surface area contributed by atoms with Gasteiger partial charge in [0.05, 0.1) is 18.0 Å². The molecule has 5 heteroatoms. The van der Waals surface area contributed by atoms with E-state index < -0.39 is 5.97 Å². The van der Waals surface area contributed by atoms with Gasteiger partial charge in [0.25, 0.3) is 0 Å². The van der Waals surface area contributed by atoms with Crippen LogP contribution in [0.4, 0.5) is 0 Å². The van der Waals surface area contributed by atoms with Crippen molar-refractivity contribution >= 4 is 11.8 Å². The highest BCUT2D eigenvalue weighted by molar-refractivity contribution is 5.86. The molecule has 0 spiro atoms. The number of carboxylic acid groups (broad SMARTS) is 1. The molecular weight excluding hydrogens is 256 g/mol. The number of nitrogens with zero attached hydrogens (tertiary/aromatic N) is 1. The molecule has 1 saturated carbocycles. The highest BCUT2D eigenvalue weighted by atomic mass is 16.4. The van der Waals surface area contributed by atoms with Gasteiger partial charge in [-0.3, -0.25) is 9.79 Å². The summed E-state index contributed by atoms with van der Waals surface area (Å²) in [6, 6.07) is 7.47. The molecule has 0 saturated heterocycles. The number of aliphatic carboxylic acids is 1. The van der Waals surface area contributed by atoms with E-state index in [2.05, 4.69) is 10.3 Å². The van der Waals surface area contributed by atoms with Gasteiger partial charge in [0.15, 0.2) is 0 Å². The molecule has 1 aliphatic carbocycles. The van der Waals surface area contributed by atoms with Crippen molar-refractivity contribution in [2.24, 2.45) is 10.9 Å². The van der Waals surface area contributed by atoms with Crippen molar-refractivity contribution < 1.29 is 15.0 Å². The zero-order valence-corrected chi connectivity index (χ0v) is 11.1. The third-order valence-electron chi connectivity index (χ3n) is 4.14. The van der Waals surface area contributed by atoms with Crippen LogP contribution in [0.15, 0.2) is 29.3 Å². The molecule has 2 aliphatic rings. The minimum Gasteiger partial charge on any atom is -0.508 e. The van der Waals surface area contributed by atoms with E-state index in [0.717, 1.165) is 17.8 Å². The van der Waals surface area contributed by atoms with Crippen LogP contribution >= 0.6 is 0 Å². The summed E-state index contributed by atoms with van der Waals surface area (Å²) in [4.78, 5) is 15.7. The number of aliphatic imine (C=N–C) groups is 1. The number of hydrogen-bond donors (Lipinski definition) is 3. The van der Waals surface area contributed by atoms with E-state index in [9.17, 15) is 9.90 Å². The first-order valence-electron chi connectivity index (χ1n) is 6.96. The van der Waals surface area contributed by atoms with E-state index in [-0.39, 0.29) is 23.8 Å². The number of phenolic OH excluding ortho intramolecular Hbond substituents is 1. The molecule has 0 radical (unpaired) electrons. The fourth-order valence-electron chi connectivity index (χ4n) is 3.04. The van der Waals surface area contributed by atoms with Crippen LogP contribution in [-0.4, -0.2) is 34.1 Å². The van der Waals surface area contributed by atoms with E-state index in [1.807, 2.05) is 12.1 Å². The second-order valence-electron chi connectivity index (χ2n) is 5.59. The van der Waals surface area contributed by atoms with Crippen molar-refractivity contribution in [2.45, 2.75) is 37.8 Å². The number of amidine groups is 1. The molecule has 1 aromatic carbocycles. The smallest absolute Gasteiger partial charge is 0.306 e. The lowest BCUT2D eigenvalue weighted by Gasteiger charge is -2.28. The number of phenols is 1. The summed E-state index contributed by atoms with van der Waals surface area (Å²) < 4.78 is 0. The van der Waals surface area contributed by atoms with Crippen LogP contribution in [0.25, 0.3) is 0 Å². The third kappa shape index (κ3) is 2.61. The van der Waals surface area contributed by atoms with Crippen LogP contribution in [0.1, 0.15) is 24.8 Å². The van der Waals surface area contributed by atoms with Crippen LogP contribution in [0.5, 0.6) is 5.75 Å². The molecule has 5 nitrogen and oxygen atoms in total. The minimum absolute atomic E-state index is 0.164. The Bertz CT molecular complexity index is 539. The van der Waals surface area contributed by atoms with E-state index >= 15 is 0 Å². The summed E-state index contributed by atoms with van der Waals surface area (Å²) in [5.41, 5.74) is 1.09. The Morgan fingerprint density at radius 1 is 1.30 bits per heavy atom. The van der Waals surface area contributed by atoms with E-state index in [1.165, 1.54) is 0 Å². The summed E-state index contributed by atoms with van der Waals surface area (Å²) in [7, 11) is 0. The lowest BCUT2D eigenvalue weighted by atomic mass is 9.83. The van der Waals surface area contributed by atoms with Crippen LogP contribution in [-0.2, 0) is 11.2 Å². The van der Waals surface area contributed by atoms with Gasteiger partial charge in [-0.15, -0.1) is 0 Å². The standard InChI is InChI=1S/C15H18N2O3/c18-11-4-1-9(2-5-11)7-14-16-12-6-3-10(15(19)20)8-13(12)17-14/h1-2,4-5,10,12-13,18H,3,6-8H2,(H,16,17)(H,19,20). The molecule has 3 atom stereocenters. The number of carboxylic acids is 1. The fourth-order valence-corrected chi connectivity index (χ4v) is 3.04. The molecule has 0 amide bonds. The van der Waals surface area contributed by atoms with E-state index in [1.54, 1.807) is 12.1 Å². The average Bonchev–Trinajstić information content (AvgIpc) is 2.82.